The molecule has 4 aromatic rings. The van der Waals surface area contributed by atoms with Gasteiger partial charge in [0.05, 0.1) is 6.67 Å². The first-order valence-corrected chi connectivity index (χ1v) is 12.5. The SMILES string of the molecule is Cc1cc(C)c(-c2oc(CCCCN3C=CN(c4ccccc4)C3)nc2-c2ccccc2)c(C)c1. The highest BCUT2D eigenvalue weighted by Crippen LogP contribution is 2.37. The quantitative estimate of drug-likeness (QED) is 0.253. The van der Waals surface area contributed by atoms with Crippen LogP contribution in [0.5, 0.6) is 0 Å². The number of unbranched alkanes of at least 4 members (excludes halogenated alkanes) is 1. The van der Waals surface area contributed by atoms with E-state index in [2.05, 4.69) is 110 Å². The van der Waals surface area contributed by atoms with E-state index in [0.717, 1.165) is 60.9 Å². The van der Waals surface area contributed by atoms with Crippen LogP contribution in [-0.2, 0) is 6.42 Å². The Kier molecular flexibility index (Phi) is 6.71. The smallest absolute Gasteiger partial charge is 0.195 e. The Bertz CT molecular complexity index is 1280. The molecular formula is C31H33N3O. The molecule has 0 atom stereocenters. The topological polar surface area (TPSA) is 32.5 Å². The maximum Gasteiger partial charge on any atom is 0.195 e. The number of nitrogens with zero attached hydrogens (tertiary/aromatic N) is 3. The first-order chi connectivity index (χ1) is 17.1. The highest BCUT2D eigenvalue weighted by molar-refractivity contribution is 5.80. The second kappa shape index (κ2) is 10.2. The van der Waals surface area contributed by atoms with Crippen molar-refractivity contribution in [1.29, 1.82) is 0 Å². The summed E-state index contributed by atoms with van der Waals surface area (Å²) in [6.45, 7) is 8.39. The Hall–Kier alpha value is -3.79. The molecule has 1 aliphatic rings. The number of aryl methyl sites for hydroxylation is 4. The van der Waals surface area contributed by atoms with Gasteiger partial charge < -0.3 is 14.2 Å². The molecule has 0 unspecified atom stereocenters. The molecule has 0 saturated heterocycles. The number of hydrogen-bond donors (Lipinski definition) is 0. The lowest BCUT2D eigenvalue weighted by molar-refractivity contribution is 0.387. The van der Waals surface area contributed by atoms with Gasteiger partial charge in [0, 0.05) is 42.2 Å². The van der Waals surface area contributed by atoms with Gasteiger partial charge in [0.1, 0.15) is 5.69 Å². The lowest BCUT2D eigenvalue weighted by atomic mass is 9.95. The molecule has 3 aromatic carbocycles. The van der Waals surface area contributed by atoms with Crippen molar-refractivity contribution in [3.05, 3.63) is 108 Å². The fraction of sp³-hybridized carbons (Fsp3) is 0.258. The number of para-hydroxylation sites is 1. The van der Waals surface area contributed by atoms with Crippen molar-refractivity contribution in [1.82, 2.24) is 9.88 Å². The average Bonchev–Trinajstić information content (AvgIpc) is 3.50. The van der Waals surface area contributed by atoms with E-state index in [0.29, 0.717) is 0 Å². The van der Waals surface area contributed by atoms with Gasteiger partial charge in [0.15, 0.2) is 11.7 Å². The zero-order chi connectivity index (χ0) is 24.2. The van der Waals surface area contributed by atoms with Crippen LogP contribution < -0.4 is 4.90 Å². The lowest BCUT2D eigenvalue weighted by Gasteiger charge is -2.21. The predicted molar refractivity (Wildman–Crippen MR) is 144 cm³/mol. The Morgan fingerprint density at radius 1 is 0.829 bits per heavy atom. The van der Waals surface area contributed by atoms with Crippen LogP contribution >= 0.6 is 0 Å². The van der Waals surface area contributed by atoms with Gasteiger partial charge in [-0.3, -0.25) is 0 Å². The van der Waals surface area contributed by atoms with Gasteiger partial charge in [-0.25, -0.2) is 4.98 Å². The summed E-state index contributed by atoms with van der Waals surface area (Å²) in [6.07, 6.45) is 7.31. The second-order valence-electron chi connectivity index (χ2n) is 9.44. The van der Waals surface area contributed by atoms with Crippen LogP contribution in [0.3, 0.4) is 0 Å². The van der Waals surface area contributed by atoms with E-state index in [-0.39, 0.29) is 0 Å². The number of rotatable bonds is 8. The van der Waals surface area contributed by atoms with E-state index in [4.69, 9.17) is 9.40 Å². The summed E-state index contributed by atoms with van der Waals surface area (Å²) in [5, 5.41) is 0. The van der Waals surface area contributed by atoms with E-state index >= 15 is 0 Å². The fourth-order valence-corrected chi connectivity index (χ4v) is 4.96. The first kappa shape index (κ1) is 23.0. The largest absolute Gasteiger partial charge is 0.440 e. The molecule has 1 aromatic heterocycles. The number of anilines is 1. The van der Waals surface area contributed by atoms with E-state index in [1.165, 1.54) is 22.4 Å². The van der Waals surface area contributed by atoms with Crippen LogP contribution in [-0.4, -0.2) is 23.1 Å². The molecule has 5 rings (SSSR count). The maximum absolute atomic E-state index is 6.46. The van der Waals surface area contributed by atoms with Crippen LogP contribution in [0.2, 0.25) is 0 Å². The molecule has 35 heavy (non-hydrogen) atoms. The summed E-state index contributed by atoms with van der Waals surface area (Å²) in [7, 11) is 0. The van der Waals surface area contributed by atoms with Gasteiger partial charge in [-0.15, -0.1) is 0 Å². The standard InChI is InChI=1S/C31H33N3O/c1-23-20-24(2)29(25(3)21-23)31-30(26-12-6-4-7-13-26)32-28(35-31)16-10-11-17-33-18-19-34(22-33)27-14-8-5-9-15-27/h4-9,12-15,18-21H,10-11,16-17,22H2,1-3H3. The van der Waals surface area contributed by atoms with Crippen molar-refractivity contribution in [2.75, 3.05) is 18.1 Å². The third-order valence-corrected chi connectivity index (χ3v) is 6.59. The molecule has 2 heterocycles. The summed E-state index contributed by atoms with van der Waals surface area (Å²) in [5.41, 5.74) is 8.16. The molecule has 0 aliphatic carbocycles. The molecule has 0 fully saturated rings. The summed E-state index contributed by atoms with van der Waals surface area (Å²) < 4.78 is 6.46. The summed E-state index contributed by atoms with van der Waals surface area (Å²) in [6, 6.07) is 25.4. The summed E-state index contributed by atoms with van der Waals surface area (Å²) in [5.74, 6) is 1.71. The first-order valence-electron chi connectivity index (χ1n) is 12.5. The number of oxazole rings is 1. The molecule has 0 amide bonds. The molecule has 0 saturated carbocycles. The monoisotopic (exact) mass is 463 g/mol. The number of aromatic nitrogens is 1. The minimum absolute atomic E-state index is 0.820. The maximum atomic E-state index is 6.46. The minimum Gasteiger partial charge on any atom is -0.440 e. The Morgan fingerprint density at radius 2 is 1.51 bits per heavy atom. The lowest BCUT2D eigenvalue weighted by Crippen LogP contribution is -2.25. The Labute approximate surface area is 208 Å². The molecule has 0 bridgehead atoms. The van der Waals surface area contributed by atoms with Crippen molar-refractivity contribution in [2.24, 2.45) is 0 Å². The highest BCUT2D eigenvalue weighted by atomic mass is 16.4. The van der Waals surface area contributed by atoms with Crippen LogP contribution in [0.25, 0.3) is 22.6 Å². The van der Waals surface area contributed by atoms with Gasteiger partial charge in [-0.05, 0) is 56.9 Å². The minimum atomic E-state index is 0.820. The Balaban J connectivity index is 1.27. The molecule has 4 nitrogen and oxygen atoms in total. The van der Waals surface area contributed by atoms with Gasteiger partial charge in [-0.1, -0.05) is 66.2 Å². The van der Waals surface area contributed by atoms with E-state index < -0.39 is 0 Å². The van der Waals surface area contributed by atoms with Crippen molar-refractivity contribution in [3.63, 3.8) is 0 Å². The zero-order valence-electron chi connectivity index (χ0n) is 20.9. The van der Waals surface area contributed by atoms with Crippen molar-refractivity contribution < 1.29 is 4.42 Å². The van der Waals surface area contributed by atoms with E-state index in [9.17, 15) is 0 Å². The molecule has 0 radical (unpaired) electrons. The fourth-order valence-electron chi connectivity index (χ4n) is 4.96. The van der Waals surface area contributed by atoms with Crippen LogP contribution in [0, 0.1) is 20.8 Å². The number of hydrogen-bond acceptors (Lipinski definition) is 4. The highest BCUT2D eigenvalue weighted by Gasteiger charge is 2.20. The zero-order valence-corrected chi connectivity index (χ0v) is 20.9. The third kappa shape index (κ3) is 5.17. The molecule has 1 aliphatic heterocycles. The molecular weight excluding hydrogens is 430 g/mol. The van der Waals surface area contributed by atoms with E-state index in [1.807, 2.05) is 6.07 Å². The van der Waals surface area contributed by atoms with Gasteiger partial charge >= 0.3 is 0 Å². The van der Waals surface area contributed by atoms with Crippen molar-refractivity contribution >= 4 is 5.69 Å². The van der Waals surface area contributed by atoms with E-state index in [1.54, 1.807) is 0 Å². The molecule has 178 valence electrons. The summed E-state index contributed by atoms with van der Waals surface area (Å²) >= 11 is 0. The average molecular weight is 464 g/mol. The second-order valence-corrected chi connectivity index (χ2v) is 9.44. The van der Waals surface area contributed by atoms with Crippen molar-refractivity contribution in [3.8, 4) is 22.6 Å². The molecule has 0 spiro atoms. The van der Waals surface area contributed by atoms with Gasteiger partial charge in [0.2, 0.25) is 0 Å². The number of benzene rings is 3. The summed E-state index contributed by atoms with van der Waals surface area (Å²) in [4.78, 5) is 9.62. The van der Waals surface area contributed by atoms with Crippen LogP contribution in [0.1, 0.15) is 35.4 Å². The van der Waals surface area contributed by atoms with Crippen LogP contribution in [0.4, 0.5) is 5.69 Å². The normalized spacial score (nSPS) is 13.1. The molecule has 4 heteroatoms. The Morgan fingerprint density at radius 3 is 2.23 bits per heavy atom. The molecule has 0 N–H and O–H groups in total. The predicted octanol–water partition coefficient (Wildman–Crippen LogP) is 7.51. The van der Waals surface area contributed by atoms with Gasteiger partial charge in [-0.2, -0.15) is 0 Å². The third-order valence-electron chi connectivity index (χ3n) is 6.59. The van der Waals surface area contributed by atoms with Crippen LogP contribution in [0.15, 0.2) is 89.6 Å². The van der Waals surface area contributed by atoms with Crippen molar-refractivity contribution in [2.45, 2.75) is 40.0 Å². The van der Waals surface area contributed by atoms with Gasteiger partial charge in [0.25, 0.3) is 0 Å².